The minimum atomic E-state index is -4.60. The Bertz CT molecular complexity index is 3340. The number of fused-ring (bicyclic) bond motifs is 2. The smallest absolute Gasteiger partial charge is 0.293 e. The molecule has 11 rings (SSSR count). The van der Waals surface area contributed by atoms with E-state index in [4.69, 9.17) is 14.2 Å². The lowest BCUT2D eigenvalue weighted by atomic mass is 9.59. The number of aryl methyl sites for hydroxylation is 1. The van der Waals surface area contributed by atoms with Crippen LogP contribution in [0.25, 0.3) is 11.0 Å². The summed E-state index contributed by atoms with van der Waals surface area (Å²) in [5, 5.41) is 26.5. The molecule has 0 bridgehead atoms. The van der Waals surface area contributed by atoms with Crippen LogP contribution in [0, 0.1) is 21.4 Å². The highest BCUT2D eigenvalue weighted by atomic mass is 32.2. The number of rotatable bonds is 16. The van der Waals surface area contributed by atoms with Crippen LogP contribution in [0.3, 0.4) is 0 Å². The van der Waals surface area contributed by atoms with Crippen molar-refractivity contribution in [3.8, 4) is 23.0 Å². The second-order valence-electron chi connectivity index (χ2n) is 23.9. The van der Waals surface area contributed by atoms with Gasteiger partial charge in [-0.2, -0.15) is 0 Å². The van der Waals surface area contributed by atoms with Crippen molar-refractivity contribution in [3.05, 3.63) is 135 Å². The van der Waals surface area contributed by atoms with Crippen LogP contribution in [0.2, 0.25) is 0 Å². The van der Waals surface area contributed by atoms with Crippen LogP contribution in [0.5, 0.6) is 23.0 Å². The molecule has 2 saturated carbocycles. The molecule has 78 heavy (non-hydrogen) atoms. The Morgan fingerprint density at radius 1 is 0.974 bits per heavy atom. The SMILES string of the molecule is COc1cc(CN2CCN(C3CC4(C3)CN(c3ccc(C(=O)NS(=O)(=O)c5ccc(NCC6CCC(C)(O)CC6)c([N+](=O)[O-])c5)c(Oc5cnc6[nH]ccc6c5)c3)C4)[C@H](c3ccccc3C(C)C)C2)cc2c1OC(C)(C)CC2. The number of hydrogen-bond donors (Lipinski definition) is 4. The van der Waals surface area contributed by atoms with E-state index in [1.807, 2.05) is 19.1 Å². The van der Waals surface area contributed by atoms with Gasteiger partial charge < -0.3 is 34.5 Å². The molecular formula is C60H72N8O9S. The number of nitrogens with zero attached hydrogens (tertiary/aromatic N) is 5. The summed E-state index contributed by atoms with van der Waals surface area (Å²) in [5.74, 6) is 1.78. The highest BCUT2D eigenvalue weighted by molar-refractivity contribution is 7.90. The number of aromatic amines is 1. The number of carbonyl (C=O) groups excluding carboxylic acids is 1. The Morgan fingerprint density at radius 3 is 2.51 bits per heavy atom. The third-order valence-corrected chi connectivity index (χ3v) is 18.5. The average molecular weight is 1080 g/mol. The Morgan fingerprint density at radius 2 is 1.76 bits per heavy atom. The van der Waals surface area contributed by atoms with E-state index in [1.165, 1.54) is 40.6 Å². The molecule has 1 atom stereocenters. The van der Waals surface area contributed by atoms with Crippen molar-refractivity contribution < 1.29 is 37.5 Å². The number of ether oxygens (including phenoxy) is 3. The van der Waals surface area contributed by atoms with Crippen LogP contribution in [0.15, 0.2) is 102 Å². The van der Waals surface area contributed by atoms with Crippen LogP contribution in [0.4, 0.5) is 17.1 Å². The van der Waals surface area contributed by atoms with Gasteiger partial charge >= 0.3 is 0 Å². The number of hydrogen-bond acceptors (Lipinski definition) is 14. The van der Waals surface area contributed by atoms with Gasteiger partial charge in [-0.3, -0.25) is 24.7 Å². The minimum absolute atomic E-state index is 0.0367. The number of methoxy groups -OCH3 is 1. The van der Waals surface area contributed by atoms with E-state index in [9.17, 15) is 28.4 Å². The number of H-pyrrole nitrogens is 1. The van der Waals surface area contributed by atoms with Gasteiger partial charge in [-0.15, -0.1) is 0 Å². The third kappa shape index (κ3) is 11.0. The van der Waals surface area contributed by atoms with E-state index in [-0.39, 0.29) is 40.0 Å². The topological polar surface area (TPSA) is 205 Å². The van der Waals surface area contributed by atoms with Crippen LogP contribution in [0.1, 0.15) is 124 Å². The van der Waals surface area contributed by atoms with Gasteiger partial charge in [0, 0.05) is 92.7 Å². The number of aromatic nitrogens is 2. The van der Waals surface area contributed by atoms with Crippen molar-refractivity contribution >= 4 is 44.0 Å². The van der Waals surface area contributed by atoms with E-state index in [0.29, 0.717) is 42.7 Å². The summed E-state index contributed by atoms with van der Waals surface area (Å²) in [6.45, 7) is 16.4. The highest BCUT2D eigenvalue weighted by Crippen LogP contribution is 2.54. The molecule has 18 heteroatoms. The van der Waals surface area contributed by atoms with Crippen molar-refractivity contribution in [2.24, 2.45) is 11.3 Å². The van der Waals surface area contributed by atoms with E-state index < -0.39 is 37.0 Å². The third-order valence-electron chi connectivity index (χ3n) is 17.2. The second-order valence-corrected chi connectivity index (χ2v) is 25.6. The minimum Gasteiger partial charge on any atom is -0.493 e. The standard InChI is InChI=1S/C60H72N8O9S/c1-38(2)47-9-7-8-10-48(47)52-35-65(34-40-25-41-17-19-58(3,4)77-55(41)54(26-40)75-6)23-24-67(52)44-30-60(31-44)36-66(37-60)43-11-13-49(53(28-43)76-45-27-42-18-22-61-56(42)63-33-45)57(69)64-78(73,74)46-12-14-50(51(29-46)68(71)72)62-32-39-15-20-59(5,70)21-16-39/h7-14,18,22,25-29,33,38-39,44,52,62,70H,15-17,19-21,23-24,30-32,34-37H2,1-6H3,(H,61,63)(H,64,69)/t39?,52-,59?/m0/s1. The average Bonchev–Trinajstić information content (AvgIpc) is 4.00. The van der Waals surface area contributed by atoms with Crippen molar-refractivity contribution in [2.45, 2.75) is 127 Å². The lowest BCUT2D eigenvalue weighted by molar-refractivity contribution is -0.384. The molecule has 0 unspecified atom stereocenters. The van der Waals surface area contributed by atoms with Crippen molar-refractivity contribution in [3.63, 3.8) is 0 Å². The number of nitrogens with one attached hydrogen (secondary N) is 3. The van der Waals surface area contributed by atoms with Gasteiger partial charge in [0.2, 0.25) is 0 Å². The highest BCUT2D eigenvalue weighted by Gasteiger charge is 2.55. The molecular weight excluding hydrogens is 1010 g/mol. The molecule has 5 aliphatic rings. The molecule has 2 aliphatic carbocycles. The largest absolute Gasteiger partial charge is 0.493 e. The number of pyridine rings is 1. The number of nitro benzene ring substituents is 1. The van der Waals surface area contributed by atoms with Gasteiger partial charge in [0.25, 0.3) is 21.6 Å². The maximum atomic E-state index is 14.1. The fourth-order valence-corrected chi connectivity index (χ4v) is 13.8. The number of carbonyl (C=O) groups is 1. The molecule has 3 aliphatic heterocycles. The molecule has 2 saturated heterocycles. The van der Waals surface area contributed by atoms with Crippen LogP contribution < -0.4 is 29.1 Å². The maximum Gasteiger partial charge on any atom is 0.293 e. The van der Waals surface area contributed by atoms with Gasteiger partial charge in [0.1, 0.15) is 28.4 Å². The van der Waals surface area contributed by atoms with Crippen LogP contribution in [-0.4, -0.2) is 108 Å². The molecule has 0 radical (unpaired) electrons. The Labute approximate surface area is 456 Å². The first-order valence-corrected chi connectivity index (χ1v) is 29.0. The Hall–Kier alpha value is -6.73. The number of anilines is 2. The number of piperazine rings is 1. The maximum absolute atomic E-state index is 14.1. The van der Waals surface area contributed by atoms with Crippen molar-refractivity contribution in [2.75, 3.05) is 56.6 Å². The summed E-state index contributed by atoms with van der Waals surface area (Å²) in [5.41, 5.74) is 5.62. The molecule has 1 spiro atoms. The molecule has 412 valence electrons. The van der Waals surface area contributed by atoms with Crippen molar-refractivity contribution in [1.82, 2.24) is 24.5 Å². The summed E-state index contributed by atoms with van der Waals surface area (Å²) < 4.78 is 48.6. The summed E-state index contributed by atoms with van der Waals surface area (Å²) >= 11 is 0. The van der Waals surface area contributed by atoms with E-state index in [0.717, 1.165) is 106 Å². The fraction of sp³-hybridized carbons (Fsp3) is 0.467. The summed E-state index contributed by atoms with van der Waals surface area (Å²) in [4.78, 5) is 40.5. The Kier molecular flexibility index (Phi) is 14.2. The number of sulfonamides is 1. The molecule has 4 fully saturated rings. The van der Waals surface area contributed by atoms with E-state index in [1.54, 1.807) is 31.5 Å². The molecule has 6 aromatic rings. The second kappa shape index (κ2) is 20.8. The zero-order valence-corrected chi connectivity index (χ0v) is 46.3. The quantitative estimate of drug-likeness (QED) is 0.0526. The van der Waals surface area contributed by atoms with Gasteiger partial charge in [-0.05, 0) is 149 Å². The normalized spacial score (nSPS) is 22.3. The van der Waals surface area contributed by atoms with Crippen LogP contribution in [-0.2, 0) is 23.0 Å². The van der Waals surface area contributed by atoms with Gasteiger partial charge in [-0.25, -0.2) is 18.1 Å². The first kappa shape index (κ1) is 53.3. The summed E-state index contributed by atoms with van der Waals surface area (Å²) in [7, 11) is -2.87. The first-order valence-electron chi connectivity index (χ1n) is 27.5. The lowest BCUT2D eigenvalue weighted by Crippen LogP contribution is -2.68. The van der Waals surface area contributed by atoms with E-state index in [2.05, 4.69) is 98.8 Å². The molecule has 4 N–H and O–H groups in total. The molecule has 5 heterocycles. The number of amides is 1. The molecule has 17 nitrogen and oxygen atoms in total. The zero-order chi connectivity index (χ0) is 54.7. The summed E-state index contributed by atoms with van der Waals surface area (Å²) in [6.07, 6.45) is 10.1. The predicted molar refractivity (Wildman–Crippen MR) is 300 cm³/mol. The predicted octanol–water partition coefficient (Wildman–Crippen LogP) is 10.5. The number of nitro groups is 1. The van der Waals surface area contributed by atoms with Crippen molar-refractivity contribution in [1.29, 1.82) is 0 Å². The van der Waals surface area contributed by atoms with Gasteiger partial charge in [-0.1, -0.05) is 44.2 Å². The number of aliphatic hydroxyl groups is 1. The lowest BCUT2D eigenvalue weighted by Gasteiger charge is -2.63. The van der Waals surface area contributed by atoms with Crippen LogP contribution >= 0.6 is 0 Å². The molecule has 4 aromatic carbocycles. The Balaban J connectivity index is 0.787. The van der Waals surface area contributed by atoms with Gasteiger partial charge in [0.05, 0.1) is 34.3 Å². The molecule has 2 aromatic heterocycles. The summed E-state index contributed by atoms with van der Waals surface area (Å²) in [6, 6.07) is 26.4. The number of benzene rings is 4. The zero-order valence-electron chi connectivity index (χ0n) is 45.5. The molecule has 1 amide bonds. The van der Waals surface area contributed by atoms with E-state index >= 15 is 0 Å². The fourth-order valence-electron chi connectivity index (χ4n) is 12.8. The first-order chi connectivity index (χ1) is 37.2. The van der Waals surface area contributed by atoms with Gasteiger partial charge in [0.15, 0.2) is 11.5 Å². The monoisotopic (exact) mass is 1080 g/mol.